The van der Waals surface area contributed by atoms with E-state index < -0.39 is 0 Å². The van der Waals surface area contributed by atoms with Gasteiger partial charge in [-0.15, -0.1) is 0 Å². The van der Waals surface area contributed by atoms with Gasteiger partial charge in [-0.25, -0.2) is 5.84 Å². The molecular formula is C10H24N4O. The van der Waals surface area contributed by atoms with Crippen molar-refractivity contribution in [3.05, 3.63) is 0 Å². The summed E-state index contributed by atoms with van der Waals surface area (Å²) in [5.74, 6) is 4.92. The molecule has 0 rings (SSSR count). The standard InChI is InChI=1S/C10H24N4O/c1-5-14(7-6-10(15)12-11)9(2)8-13(3)4/h9H,5-8,11H2,1-4H3,(H,12,15). The van der Waals surface area contributed by atoms with E-state index in [0.717, 1.165) is 19.6 Å². The molecule has 15 heavy (non-hydrogen) atoms. The van der Waals surface area contributed by atoms with Crippen molar-refractivity contribution in [2.24, 2.45) is 5.84 Å². The fraction of sp³-hybridized carbons (Fsp3) is 0.900. The van der Waals surface area contributed by atoms with Crippen LogP contribution in [0.2, 0.25) is 0 Å². The Kier molecular flexibility index (Phi) is 7.29. The second kappa shape index (κ2) is 7.62. The van der Waals surface area contributed by atoms with Crippen LogP contribution in [0.4, 0.5) is 0 Å². The molecule has 0 aromatic rings. The van der Waals surface area contributed by atoms with E-state index in [1.807, 2.05) is 0 Å². The van der Waals surface area contributed by atoms with Gasteiger partial charge in [0, 0.05) is 25.6 Å². The van der Waals surface area contributed by atoms with Gasteiger partial charge < -0.3 is 4.90 Å². The first-order chi connectivity index (χ1) is 7.01. The van der Waals surface area contributed by atoms with Gasteiger partial charge in [-0.05, 0) is 27.6 Å². The molecule has 0 aliphatic rings. The molecule has 3 N–H and O–H groups in total. The quantitative estimate of drug-likeness (QED) is 0.346. The highest BCUT2D eigenvalue weighted by Gasteiger charge is 2.13. The zero-order valence-corrected chi connectivity index (χ0v) is 10.3. The van der Waals surface area contributed by atoms with Gasteiger partial charge in [0.25, 0.3) is 0 Å². The van der Waals surface area contributed by atoms with Gasteiger partial charge >= 0.3 is 0 Å². The van der Waals surface area contributed by atoms with E-state index in [0.29, 0.717) is 12.5 Å². The van der Waals surface area contributed by atoms with Gasteiger partial charge in [0.15, 0.2) is 0 Å². The largest absolute Gasteiger partial charge is 0.308 e. The first kappa shape index (κ1) is 14.3. The molecule has 0 spiro atoms. The van der Waals surface area contributed by atoms with Crippen LogP contribution in [-0.2, 0) is 4.79 Å². The molecule has 0 saturated heterocycles. The molecule has 0 aromatic carbocycles. The molecule has 0 aliphatic heterocycles. The van der Waals surface area contributed by atoms with E-state index in [4.69, 9.17) is 5.84 Å². The van der Waals surface area contributed by atoms with Crippen LogP contribution >= 0.6 is 0 Å². The van der Waals surface area contributed by atoms with Gasteiger partial charge in [-0.1, -0.05) is 6.92 Å². The maximum absolute atomic E-state index is 11.0. The van der Waals surface area contributed by atoms with E-state index in [-0.39, 0.29) is 5.91 Å². The number of nitrogens with zero attached hydrogens (tertiary/aromatic N) is 2. The number of hydrogen-bond donors (Lipinski definition) is 2. The Morgan fingerprint density at radius 2 is 2.07 bits per heavy atom. The van der Waals surface area contributed by atoms with Crippen molar-refractivity contribution in [2.75, 3.05) is 33.7 Å². The molecular weight excluding hydrogens is 192 g/mol. The summed E-state index contributed by atoms with van der Waals surface area (Å²) in [5.41, 5.74) is 2.15. The molecule has 1 unspecified atom stereocenters. The Morgan fingerprint density at radius 3 is 2.47 bits per heavy atom. The highest BCUT2D eigenvalue weighted by atomic mass is 16.2. The maximum atomic E-state index is 11.0. The number of nitrogens with two attached hydrogens (primary N) is 1. The molecule has 0 aromatic heterocycles. The number of hydrazine groups is 1. The van der Waals surface area contributed by atoms with Gasteiger partial charge in [-0.2, -0.15) is 0 Å². The minimum absolute atomic E-state index is 0.106. The lowest BCUT2D eigenvalue weighted by atomic mass is 10.2. The van der Waals surface area contributed by atoms with Crippen molar-refractivity contribution >= 4 is 5.91 Å². The number of carbonyl (C=O) groups excluding carboxylic acids is 1. The van der Waals surface area contributed by atoms with E-state index >= 15 is 0 Å². The molecule has 1 atom stereocenters. The lowest BCUT2D eigenvalue weighted by Crippen LogP contribution is -2.42. The first-order valence-electron chi connectivity index (χ1n) is 5.39. The zero-order chi connectivity index (χ0) is 11.8. The fourth-order valence-corrected chi connectivity index (χ4v) is 1.65. The lowest BCUT2D eigenvalue weighted by molar-refractivity contribution is -0.121. The van der Waals surface area contributed by atoms with Crippen molar-refractivity contribution in [2.45, 2.75) is 26.3 Å². The van der Waals surface area contributed by atoms with Crippen LogP contribution in [0, 0.1) is 0 Å². The summed E-state index contributed by atoms with van der Waals surface area (Å²) >= 11 is 0. The molecule has 0 bridgehead atoms. The normalized spacial score (nSPS) is 13.3. The SMILES string of the molecule is CCN(CCC(=O)NN)C(C)CN(C)C. The number of likely N-dealkylation sites (N-methyl/N-ethyl adjacent to an activating group) is 2. The van der Waals surface area contributed by atoms with Crippen molar-refractivity contribution in [1.82, 2.24) is 15.2 Å². The first-order valence-corrected chi connectivity index (χ1v) is 5.39. The smallest absolute Gasteiger partial charge is 0.235 e. The van der Waals surface area contributed by atoms with Crippen LogP contribution in [0.5, 0.6) is 0 Å². The van der Waals surface area contributed by atoms with E-state index in [2.05, 4.69) is 43.2 Å². The second-order valence-corrected chi connectivity index (χ2v) is 4.06. The minimum atomic E-state index is -0.106. The molecule has 5 nitrogen and oxygen atoms in total. The van der Waals surface area contributed by atoms with Crippen molar-refractivity contribution in [3.8, 4) is 0 Å². The Morgan fingerprint density at radius 1 is 1.47 bits per heavy atom. The van der Waals surface area contributed by atoms with Crippen LogP contribution in [-0.4, -0.2) is 55.5 Å². The molecule has 1 amide bonds. The topological polar surface area (TPSA) is 61.6 Å². The summed E-state index contributed by atoms with van der Waals surface area (Å²) in [5, 5.41) is 0. The molecule has 5 heteroatoms. The minimum Gasteiger partial charge on any atom is -0.308 e. The highest BCUT2D eigenvalue weighted by Crippen LogP contribution is 2.01. The van der Waals surface area contributed by atoms with Crippen LogP contribution < -0.4 is 11.3 Å². The zero-order valence-electron chi connectivity index (χ0n) is 10.3. The third-order valence-electron chi connectivity index (χ3n) is 2.45. The third-order valence-corrected chi connectivity index (χ3v) is 2.45. The number of carbonyl (C=O) groups is 1. The molecule has 90 valence electrons. The number of nitrogens with one attached hydrogen (secondary N) is 1. The fourth-order valence-electron chi connectivity index (χ4n) is 1.65. The van der Waals surface area contributed by atoms with E-state index in [1.165, 1.54) is 0 Å². The molecule has 0 saturated carbocycles. The third kappa shape index (κ3) is 6.43. The van der Waals surface area contributed by atoms with Crippen LogP contribution in [0.1, 0.15) is 20.3 Å². The van der Waals surface area contributed by atoms with Crippen molar-refractivity contribution < 1.29 is 4.79 Å². The second-order valence-electron chi connectivity index (χ2n) is 4.06. The monoisotopic (exact) mass is 216 g/mol. The Balaban J connectivity index is 3.95. The summed E-state index contributed by atoms with van der Waals surface area (Å²) < 4.78 is 0. The van der Waals surface area contributed by atoms with Crippen LogP contribution in [0.15, 0.2) is 0 Å². The Bertz CT molecular complexity index is 184. The lowest BCUT2D eigenvalue weighted by Gasteiger charge is -2.29. The van der Waals surface area contributed by atoms with Crippen molar-refractivity contribution in [3.63, 3.8) is 0 Å². The predicted octanol–water partition coefficient (Wildman–Crippen LogP) is -0.362. The number of hydrogen-bond acceptors (Lipinski definition) is 4. The Labute approximate surface area is 92.6 Å². The van der Waals surface area contributed by atoms with Gasteiger partial charge in [0.2, 0.25) is 5.91 Å². The molecule has 0 radical (unpaired) electrons. The average molecular weight is 216 g/mol. The molecule has 0 fully saturated rings. The summed E-state index contributed by atoms with van der Waals surface area (Å²) in [6.07, 6.45) is 0.460. The van der Waals surface area contributed by atoms with Crippen LogP contribution in [0.25, 0.3) is 0 Å². The number of rotatable bonds is 7. The van der Waals surface area contributed by atoms with Crippen LogP contribution in [0.3, 0.4) is 0 Å². The average Bonchev–Trinajstić information content (AvgIpc) is 2.17. The summed E-state index contributed by atoms with van der Waals surface area (Å²) in [6.45, 7) is 6.98. The molecule has 0 aliphatic carbocycles. The van der Waals surface area contributed by atoms with E-state index in [1.54, 1.807) is 0 Å². The number of amides is 1. The van der Waals surface area contributed by atoms with Crippen molar-refractivity contribution in [1.29, 1.82) is 0 Å². The predicted molar refractivity (Wildman–Crippen MR) is 62.2 cm³/mol. The molecule has 0 heterocycles. The van der Waals surface area contributed by atoms with Gasteiger partial charge in [0.05, 0.1) is 0 Å². The summed E-state index contributed by atoms with van der Waals surface area (Å²) in [4.78, 5) is 15.4. The van der Waals surface area contributed by atoms with Gasteiger partial charge in [0.1, 0.15) is 0 Å². The maximum Gasteiger partial charge on any atom is 0.235 e. The Hall–Kier alpha value is -0.650. The highest BCUT2D eigenvalue weighted by molar-refractivity contribution is 5.75. The summed E-state index contributed by atoms with van der Waals surface area (Å²) in [7, 11) is 4.11. The van der Waals surface area contributed by atoms with E-state index in [9.17, 15) is 4.79 Å². The summed E-state index contributed by atoms with van der Waals surface area (Å²) in [6, 6.07) is 0.454. The van der Waals surface area contributed by atoms with Gasteiger partial charge in [-0.3, -0.25) is 15.1 Å².